The molecule has 1 aromatic heterocycles. The van der Waals surface area contributed by atoms with Crippen LogP contribution in [0.1, 0.15) is 39.3 Å². The van der Waals surface area contributed by atoms with E-state index in [9.17, 15) is 14.4 Å². The largest absolute Gasteiger partial charge is 0.497 e. The van der Waals surface area contributed by atoms with Crippen molar-refractivity contribution in [3.05, 3.63) is 71.4 Å². The SMILES string of the molecule is COc1ccc(Nc2cc(C)nc(NCCNC(=O)CCCN3C(=O)c4ccccc4C3=O)n2)cc1. The van der Waals surface area contributed by atoms with Crippen LogP contribution in [0.3, 0.4) is 0 Å². The van der Waals surface area contributed by atoms with Gasteiger partial charge < -0.3 is 20.7 Å². The molecule has 0 atom stereocenters. The maximum absolute atomic E-state index is 12.4. The van der Waals surface area contributed by atoms with Crippen LogP contribution in [0.4, 0.5) is 17.5 Å². The van der Waals surface area contributed by atoms with Crippen LogP contribution in [0.2, 0.25) is 0 Å². The van der Waals surface area contributed by atoms with Crippen molar-refractivity contribution >= 4 is 35.2 Å². The number of hydrogen-bond acceptors (Lipinski definition) is 8. The number of hydrogen-bond donors (Lipinski definition) is 3. The van der Waals surface area contributed by atoms with Crippen molar-refractivity contribution in [1.82, 2.24) is 20.2 Å². The normalized spacial score (nSPS) is 12.3. The highest BCUT2D eigenvalue weighted by Gasteiger charge is 2.34. The minimum atomic E-state index is -0.306. The molecule has 2 heterocycles. The van der Waals surface area contributed by atoms with Gasteiger partial charge in [0, 0.05) is 43.5 Å². The van der Waals surface area contributed by atoms with E-state index in [1.807, 2.05) is 37.3 Å². The number of methoxy groups -OCH3 is 1. The van der Waals surface area contributed by atoms with Crippen molar-refractivity contribution in [2.24, 2.45) is 0 Å². The Hall–Kier alpha value is -4.47. The molecule has 0 spiro atoms. The Bertz CT molecular complexity index is 1230. The summed E-state index contributed by atoms with van der Waals surface area (Å²) in [6.07, 6.45) is 0.608. The standard InChI is InChI=1S/C26H28N6O4/c1-17-16-22(30-18-9-11-19(36-2)12-10-18)31-26(29-17)28-14-13-27-23(33)8-5-15-32-24(34)20-6-3-4-7-21(20)25(32)35/h3-4,6-7,9-12,16H,5,8,13-15H2,1-2H3,(H,27,33)(H2,28,29,30,31). The predicted octanol–water partition coefficient (Wildman–Crippen LogP) is 3.14. The zero-order chi connectivity index (χ0) is 25.5. The number of imide groups is 1. The van der Waals surface area contributed by atoms with E-state index in [0.29, 0.717) is 42.4 Å². The van der Waals surface area contributed by atoms with Gasteiger partial charge in [-0.1, -0.05) is 12.1 Å². The lowest BCUT2D eigenvalue weighted by molar-refractivity contribution is -0.121. The second-order valence-electron chi connectivity index (χ2n) is 8.26. The number of rotatable bonds is 11. The third-order valence-electron chi connectivity index (χ3n) is 5.61. The van der Waals surface area contributed by atoms with Gasteiger partial charge in [-0.3, -0.25) is 19.3 Å². The second-order valence-corrected chi connectivity index (χ2v) is 8.26. The number of aromatic nitrogens is 2. The molecule has 2 aromatic carbocycles. The molecule has 0 saturated heterocycles. The number of aryl methyl sites for hydroxylation is 1. The molecule has 36 heavy (non-hydrogen) atoms. The number of nitrogens with zero attached hydrogens (tertiary/aromatic N) is 3. The Morgan fingerprint density at radius 2 is 1.67 bits per heavy atom. The molecule has 1 aliphatic heterocycles. The average molecular weight is 489 g/mol. The third-order valence-corrected chi connectivity index (χ3v) is 5.61. The Morgan fingerprint density at radius 1 is 0.972 bits per heavy atom. The summed E-state index contributed by atoms with van der Waals surface area (Å²) in [6.45, 7) is 2.90. The van der Waals surface area contributed by atoms with Crippen molar-refractivity contribution in [1.29, 1.82) is 0 Å². The first-order chi connectivity index (χ1) is 17.4. The van der Waals surface area contributed by atoms with Crippen molar-refractivity contribution < 1.29 is 19.1 Å². The van der Waals surface area contributed by atoms with Gasteiger partial charge in [0.15, 0.2) is 0 Å². The molecule has 1 aliphatic rings. The van der Waals surface area contributed by atoms with E-state index in [1.54, 1.807) is 31.4 Å². The topological polar surface area (TPSA) is 126 Å². The number of anilines is 3. The molecule has 186 valence electrons. The van der Waals surface area contributed by atoms with Crippen LogP contribution >= 0.6 is 0 Å². The van der Waals surface area contributed by atoms with Gasteiger partial charge in [-0.2, -0.15) is 4.98 Å². The van der Waals surface area contributed by atoms with Crippen molar-refractivity contribution in [3.8, 4) is 5.75 Å². The third kappa shape index (κ3) is 5.96. The Balaban J connectivity index is 1.18. The molecule has 4 rings (SSSR count). The second kappa shape index (κ2) is 11.3. The molecule has 3 aromatic rings. The van der Waals surface area contributed by atoms with Gasteiger partial charge in [-0.25, -0.2) is 4.98 Å². The molecule has 0 aliphatic carbocycles. The molecule has 3 amide bonds. The van der Waals surface area contributed by atoms with Crippen LogP contribution in [-0.2, 0) is 4.79 Å². The summed E-state index contributed by atoms with van der Waals surface area (Å²) >= 11 is 0. The van der Waals surface area contributed by atoms with E-state index in [1.165, 1.54) is 4.90 Å². The van der Waals surface area contributed by atoms with E-state index in [0.717, 1.165) is 17.1 Å². The van der Waals surface area contributed by atoms with Crippen LogP contribution in [0.25, 0.3) is 0 Å². The number of carbonyl (C=O) groups is 3. The molecule has 0 radical (unpaired) electrons. The Morgan fingerprint density at radius 3 is 2.33 bits per heavy atom. The van der Waals surface area contributed by atoms with Gasteiger partial charge in [-0.05, 0) is 49.7 Å². The maximum atomic E-state index is 12.4. The monoisotopic (exact) mass is 488 g/mol. The summed E-state index contributed by atoms with van der Waals surface area (Å²) in [6, 6.07) is 16.1. The van der Waals surface area contributed by atoms with Crippen LogP contribution < -0.4 is 20.7 Å². The fourth-order valence-corrected chi connectivity index (χ4v) is 3.84. The number of fused-ring (bicyclic) bond motifs is 1. The summed E-state index contributed by atoms with van der Waals surface area (Å²) in [7, 11) is 1.62. The molecule has 0 bridgehead atoms. The van der Waals surface area contributed by atoms with E-state index < -0.39 is 0 Å². The number of carbonyl (C=O) groups excluding carboxylic acids is 3. The lowest BCUT2D eigenvalue weighted by Crippen LogP contribution is -2.33. The molecular weight excluding hydrogens is 460 g/mol. The molecule has 0 unspecified atom stereocenters. The van der Waals surface area contributed by atoms with E-state index >= 15 is 0 Å². The zero-order valence-corrected chi connectivity index (χ0v) is 20.2. The van der Waals surface area contributed by atoms with Gasteiger partial charge in [0.1, 0.15) is 11.6 Å². The van der Waals surface area contributed by atoms with E-state index in [4.69, 9.17) is 4.74 Å². The Labute approximate surface area is 209 Å². The molecular formula is C26H28N6O4. The van der Waals surface area contributed by atoms with Crippen LogP contribution in [0.15, 0.2) is 54.6 Å². The first kappa shape index (κ1) is 24.6. The summed E-state index contributed by atoms with van der Waals surface area (Å²) in [5.41, 5.74) is 2.49. The maximum Gasteiger partial charge on any atom is 0.261 e. The van der Waals surface area contributed by atoms with Gasteiger partial charge in [-0.15, -0.1) is 0 Å². The highest BCUT2D eigenvalue weighted by molar-refractivity contribution is 6.21. The molecule has 0 fully saturated rings. The fraction of sp³-hybridized carbons (Fsp3) is 0.269. The van der Waals surface area contributed by atoms with Crippen LogP contribution in [0, 0.1) is 6.92 Å². The van der Waals surface area contributed by atoms with Crippen molar-refractivity contribution in [3.63, 3.8) is 0 Å². The first-order valence-corrected chi connectivity index (χ1v) is 11.7. The molecule has 10 nitrogen and oxygen atoms in total. The lowest BCUT2D eigenvalue weighted by Gasteiger charge is -2.13. The summed E-state index contributed by atoms with van der Waals surface area (Å²) < 4.78 is 5.17. The smallest absolute Gasteiger partial charge is 0.261 e. The molecule has 3 N–H and O–H groups in total. The van der Waals surface area contributed by atoms with Gasteiger partial charge in [0.25, 0.3) is 11.8 Å². The first-order valence-electron chi connectivity index (χ1n) is 11.7. The van der Waals surface area contributed by atoms with Gasteiger partial charge in [0.05, 0.1) is 18.2 Å². The Kier molecular flexibility index (Phi) is 7.74. The summed E-state index contributed by atoms with van der Waals surface area (Å²) in [5, 5.41) is 9.17. The quantitative estimate of drug-likeness (QED) is 0.278. The van der Waals surface area contributed by atoms with Crippen molar-refractivity contribution in [2.45, 2.75) is 19.8 Å². The highest BCUT2D eigenvalue weighted by atomic mass is 16.5. The highest BCUT2D eigenvalue weighted by Crippen LogP contribution is 2.23. The minimum Gasteiger partial charge on any atom is -0.497 e. The molecule has 0 saturated carbocycles. The predicted molar refractivity (Wildman–Crippen MR) is 136 cm³/mol. The van der Waals surface area contributed by atoms with E-state index in [2.05, 4.69) is 25.9 Å². The zero-order valence-electron chi connectivity index (χ0n) is 20.2. The number of ether oxygens (including phenoxy) is 1. The summed E-state index contributed by atoms with van der Waals surface area (Å²) in [4.78, 5) is 47.0. The number of amides is 3. The summed E-state index contributed by atoms with van der Waals surface area (Å²) in [5.74, 6) is 1.10. The van der Waals surface area contributed by atoms with Crippen LogP contribution in [0.5, 0.6) is 5.75 Å². The van der Waals surface area contributed by atoms with Gasteiger partial charge >= 0.3 is 0 Å². The van der Waals surface area contributed by atoms with Crippen LogP contribution in [-0.4, -0.2) is 59.3 Å². The number of nitrogens with one attached hydrogen (secondary N) is 3. The molecule has 10 heteroatoms. The lowest BCUT2D eigenvalue weighted by atomic mass is 10.1. The number of benzene rings is 2. The minimum absolute atomic E-state index is 0.152. The van der Waals surface area contributed by atoms with Crippen molar-refractivity contribution in [2.75, 3.05) is 37.4 Å². The van der Waals surface area contributed by atoms with Gasteiger partial charge in [0.2, 0.25) is 11.9 Å². The fourth-order valence-electron chi connectivity index (χ4n) is 3.84. The van der Waals surface area contributed by atoms with E-state index in [-0.39, 0.29) is 30.7 Å². The average Bonchev–Trinajstić information content (AvgIpc) is 3.12.